The minimum absolute atomic E-state index is 0. The van der Waals surface area contributed by atoms with Gasteiger partial charge >= 0.3 is 30.2 Å². The fourth-order valence-corrected chi connectivity index (χ4v) is 2.77. The standard InChI is InChI=1S/2C12H11.2CH3.2ClH.H2Si.Zr/c2*1-10-7-8-12(9-10)11-5-3-2-4-6-11;;;;;;/h2*2-6,9H,7H2,1H3;2*1H3;2*1H;1H2;/q4*-1;;;;. The third kappa shape index (κ3) is 10.9. The summed E-state index contributed by atoms with van der Waals surface area (Å²) in [5, 5.41) is 0. The molecule has 0 saturated carbocycles. The molecule has 2 aromatic carbocycles. The molecule has 0 aromatic heterocycles. The van der Waals surface area contributed by atoms with Crippen LogP contribution in [0.25, 0.3) is 11.1 Å². The summed E-state index contributed by atoms with van der Waals surface area (Å²) in [6.45, 7) is 6.23. The number of halogens is 2. The zero-order valence-electron chi connectivity index (χ0n) is 18.4. The maximum atomic E-state index is 3.35. The van der Waals surface area contributed by atoms with Gasteiger partial charge in [0.05, 0.1) is 0 Å². The van der Waals surface area contributed by atoms with Gasteiger partial charge in [-0.25, -0.2) is 0 Å². The van der Waals surface area contributed by atoms with Crippen molar-refractivity contribution in [3.8, 4) is 0 Å². The number of hydrogen-bond acceptors (Lipinski definition) is 0. The molecule has 30 heavy (non-hydrogen) atoms. The summed E-state index contributed by atoms with van der Waals surface area (Å²) in [5.74, 6) is 0. The minimum atomic E-state index is 0. The Morgan fingerprint density at radius 1 is 0.633 bits per heavy atom. The van der Waals surface area contributed by atoms with Gasteiger partial charge in [-0.3, -0.25) is 0 Å². The Morgan fingerprint density at radius 3 is 1.17 bits per heavy atom. The first-order valence-electron chi connectivity index (χ1n) is 8.74. The van der Waals surface area contributed by atoms with Crippen LogP contribution >= 0.6 is 24.8 Å². The van der Waals surface area contributed by atoms with Crippen molar-refractivity contribution in [2.24, 2.45) is 0 Å². The van der Waals surface area contributed by atoms with Gasteiger partial charge in [0.25, 0.3) is 0 Å². The second-order valence-corrected chi connectivity index (χ2v) is 6.25. The second kappa shape index (κ2) is 18.8. The molecule has 4 rings (SSSR count). The topological polar surface area (TPSA) is 0 Å². The van der Waals surface area contributed by atoms with Crippen LogP contribution in [0.3, 0.4) is 0 Å². The Kier molecular flexibility index (Phi) is 21.1. The van der Waals surface area contributed by atoms with Crippen molar-refractivity contribution < 1.29 is 23.3 Å². The van der Waals surface area contributed by atoms with Crippen molar-refractivity contribution in [3.63, 3.8) is 0 Å². The van der Waals surface area contributed by atoms with E-state index in [2.05, 4.69) is 86.7 Å². The molecule has 2 aliphatic carbocycles. The molecule has 0 nitrogen and oxygen atoms in total. The molecule has 4 heteroatoms. The van der Waals surface area contributed by atoms with Gasteiger partial charge in [0, 0.05) is 0 Å². The Balaban J connectivity index is -0.000000400. The van der Waals surface area contributed by atoms with E-state index in [-0.39, 0.29) is 39.7 Å². The van der Waals surface area contributed by atoms with E-state index in [4.69, 9.17) is 0 Å². The molecule has 0 radical (unpaired) electrons. The van der Waals surface area contributed by atoms with Gasteiger partial charge in [-0.15, -0.1) is 71.4 Å². The van der Waals surface area contributed by atoms with Crippen molar-refractivity contribution in [3.05, 3.63) is 122 Å². The molecule has 0 amide bonds. The van der Waals surface area contributed by atoms with Crippen LogP contribution in [0.2, 0.25) is 0 Å². The Labute approximate surface area is 213 Å². The van der Waals surface area contributed by atoms with Crippen molar-refractivity contribution in [1.29, 1.82) is 0 Å². The van der Waals surface area contributed by atoms with Gasteiger partial charge < -0.3 is 14.9 Å². The number of benzene rings is 2. The second-order valence-electron chi connectivity index (χ2n) is 6.25. The molecule has 0 unspecified atom stereocenters. The molecule has 2 aromatic rings. The Morgan fingerprint density at radius 2 is 0.933 bits per heavy atom. The van der Waals surface area contributed by atoms with Crippen LogP contribution in [0.5, 0.6) is 0 Å². The van der Waals surface area contributed by atoms with Crippen LogP contribution < -0.4 is 0 Å². The molecule has 0 aliphatic heterocycles. The average Bonchev–Trinajstić information content (AvgIpc) is 3.34. The number of hydrogen-bond donors (Lipinski definition) is 0. The third-order valence-corrected chi connectivity index (χ3v) is 4.07. The predicted octanol–water partition coefficient (Wildman–Crippen LogP) is 7.27. The molecule has 0 bridgehead atoms. The van der Waals surface area contributed by atoms with Crippen LogP contribution in [0, 0.1) is 27.0 Å². The fraction of sp³-hybridized carbons (Fsp3) is 0.154. The monoisotopic (exact) mass is 532 g/mol. The molecular weight excluding hydrogens is 503 g/mol. The van der Waals surface area contributed by atoms with Crippen LogP contribution in [-0.2, 0) is 23.3 Å². The summed E-state index contributed by atoms with van der Waals surface area (Å²) in [4.78, 5) is 0. The van der Waals surface area contributed by atoms with E-state index in [0.717, 1.165) is 12.8 Å². The van der Waals surface area contributed by atoms with Crippen LogP contribution in [-0.4, -0.2) is 6.88 Å². The molecule has 2 aliphatic rings. The first kappa shape index (κ1) is 33.7. The molecule has 0 atom stereocenters. The van der Waals surface area contributed by atoms with Crippen LogP contribution in [0.1, 0.15) is 37.8 Å². The normalized spacial score (nSPS) is 12.7. The van der Waals surface area contributed by atoms with Crippen LogP contribution in [0.15, 0.2) is 84.0 Å². The van der Waals surface area contributed by atoms with E-state index in [9.17, 15) is 0 Å². The molecule has 0 N–H and O–H groups in total. The summed E-state index contributed by atoms with van der Waals surface area (Å²) in [5.41, 5.74) is 7.83. The van der Waals surface area contributed by atoms with E-state index in [1.165, 1.54) is 33.4 Å². The molecule has 0 fully saturated rings. The van der Waals surface area contributed by atoms with Gasteiger partial charge in [0.1, 0.15) is 0 Å². The Hall–Kier alpha value is -0.920. The summed E-state index contributed by atoms with van der Waals surface area (Å²) >= 11 is 1.58. The zero-order chi connectivity index (χ0) is 18.8. The van der Waals surface area contributed by atoms with Crippen molar-refractivity contribution in [2.45, 2.75) is 26.7 Å². The van der Waals surface area contributed by atoms with E-state index in [1.807, 2.05) is 19.0 Å². The van der Waals surface area contributed by atoms with Crippen molar-refractivity contribution in [1.82, 2.24) is 0 Å². The molecular formula is C26H32Cl2SiZr-4. The van der Waals surface area contributed by atoms with Gasteiger partial charge in [-0.1, -0.05) is 63.1 Å². The molecule has 0 heterocycles. The van der Waals surface area contributed by atoms with Crippen molar-refractivity contribution in [2.75, 3.05) is 0 Å². The van der Waals surface area contributed by atoms with E-state index in [0.29, 0.717) is 0 Å². The SMILES string of the molecule is CC1=CC(c2ccccc2)=[C-]C1.CC1=CC(c2ccccc2)=[C-]C1.Cl.Cl.[CH3-].[CH3-].[SiH2]=[Zr]. The first-order chi connectivity index (χ1) is 12.7. The van der Waals surface area contributed by atoms with E-state index in [1.54, 1.807) is 23.3 Å². The average molecular weight is 535 g/mol. The summed E-state index contributed by atoms with van der Waals surface area (Å²) in [7, 11) is 0. The van der Waals surface area contributed by atoms with E-state index >= 15 is 0 Å². The predicted molar refractivity (Wildman–Crippen MR) is 139 cm³/mol. The zero-order valence-corrected chi connectivity index (χ0v) is 23.9. The molecule has 0 saturated heterocycles. The Bertz CT molecular complexity index is 766. The van der Waals surface area contributed by atoms with Gasteiger partial charge in [-0.05, 0) is 0 Å². The quantitative estimate of drug-likeness (QED) is 0.281. The summed E-state index contributed by atoms with van der Waals surface area (Å²) in [6.07, 6.45) is 13.1. The van der Waals surface area contributed by atoms with Gasteiger partial charge in [-0.2, -0.15) is 35.5 Å². The van der Waals surface area contributed by atoms with Crippen molar-refractivity contribution >= 4 is 42.8 Å². The van der Waals surface area contributed by atoms with Gasteiger partial charge in [0.2, 0.25) is 0 Å². The maximum absolute atomic E-state index is 3.35. The molecule has 162 valence electrons. The number of rotatable bonds is 2. The summed E-state index contributed by atoms with van der Waals surface area (Å²) in [6, 6.07) is 20.8. The fourth-order valence-electron chi connectivity index (χ4n) is 2.77. The third-order valence-electron chi connectivity index (χ3n) is 4.07. The van der Waals surface area contributed by atoms with Gasteiger partial charge in [0.15, 0.2) is 0 Å². The molecule has 0 spiro atoms. The van der Waals surface area contributed by atoms with E-state index < -0.39 is 0 Å². The summed E-state index contributed by atoms with van der Waals surface area (Å²) < 4.78 is 0. The van der Waals surface area contributed by atoms with Crippen LogP contribution in [0.4, 0.5) is 0 Å². The number of allylic oxidation sites excluding steroid dienone is 8. The first-order valence-corrected chi connectivity index (χ1v) is 14.7.